The van der Waals surface area contributed by atoms with E-state index < -0.39 is 11.7 Å². The molecule has 112 valence electrons. The Bertz CT molecular complexity index is 662. The second-order valence-electron chi connectivity index (χ2n) is 4.20. The van der Waals surface area contributed by atoms with Gasteiger partial charge in [-0.1, -0.05) is 18.5 Å². The monoisotopic (exact) mass is 379 g/mol. The molecule has 1 aromatic heterocycles. The molecule has 2 rings (SSSR count). The highest BCUT2D eigenvalue weighted by molar-refractivity contribution is 9.10. The standard InChI is InChI=1S/C13H10BrClF3N3/c1-2-11-20-10(14)6-12(21-11)19-9-4-7(13(16,17)18)3-8(15)5-9/h3-6H,2H2,1H3,(H,19,20,21). The fourth-order valence-corrected chi connectivity index (χ4v) is 2.32. The zero-order valence-electron chi connectivity index (χ0n) is 10.8. The van der Waals surface area contributed by atoms with E-state index in [1.54, 1.807) is 6.07 Å². The third-order valence-electron chi connectivity index (χ3n) is 2.55. The van der Waals surface area contributed by atoms with Crippen molar-refractivity contribution in [3.05, 3.63) is 45.3 Å². The number of alkyl halides is 3. The van der Waals surface area contributed by atoms with Crippen molar-refractivity contribution in [3.63, 3.8) is 0 Å². The molecule has 2 aromatic rings. The third kappa shape index (κ3) is 4.31. The Morgan fingerprint density at radius 3 is 2.52 bits per heavy atom. The summed E-state index contributed by atoms with van der Waals surface area (Å²) in [6.07, 6.45) is -3.85. The Labute approximate surface area is 132 Å². The van der Waals surface area contributed by atoms with Gasteiger partial charge in [0.15, 0.2) is 0 Å². The Kier molecular flexibility index (Phi) is 4.73. The molecule has 8 heteroatoms. The van der Waals surface area contributed by atoms with Crippen LogP contribution in [0.1, 0.15) is 18.3 Å². The van der Waals surface area contributed by atoms with Gasteiger partial charge in [-0.25, -0.2) is 9.97 Å². The molecular weight excluding hydrogens is 371 g/mol. The van der Waals surface area contributed by atoms with E-state index in [2.05, 4.69) is 31.2 Å². The summed E-state index contributed by atoms with van der Waals surface area (Å²) in [6, 6.07) is 4.83. The van der Waals surface area contributed by atoms with Crippen molar-refractivity contribution in [2.75, 3.05) is 5.32 Å². The van der Waals surface area contributed by atoms with E-state index in [9.17, 15) is 13.2 Å². The van der Waals surface area contributed by atoms with Gasteiger partial charge in [0.1, 0.15) is 16.2 Å². The fraction of sp³-hybridized carbons (Fsp3) is 0.231. The normalized spacial score (nSPS) is 11.5. The average molecular weight is 381 g/mol. The number of aryl methyl sites for hydroxylation is 1. The maximum absolute atomic E-state index is 12.7. The summed E-state index contributed by atoms with van der Waals surface area (Å²) in [5, 5.41) is 2.80. The number of nitrogens with one attached hydrogen (secondary N) is 1. The van der Waals surface area contributed by atoms with Crippen LogP contribution in [-0.4, -0.2) is 9.97 Å². The van der Waals surface area contributed by atoms with Crippen molar-refractivity contribution >= 4 is 39.0 Å². The lowest BCUT2D eigenvalue weighted by Crippen LogP contribution is -2.06. The molecule has 0 aliphatic carbocycles. The zero-order valence-corrected chi connectivity index (χ0v) is 13.1. The van der Waals surface area contributed by atoms with Gasteiger partial charge < -0.3 is 5.32 Å². The predicted molar refractivity (Wildman–Crippen MR) is 78.8 cm³/mol. The van der Waals surface area contributed by atoms with Crippen LogP contribution in [0.3, 0.4) is 0 Å². The van der Waals surface area contributed by atoms with Crippen molar-refractivity contribution in [2.24, 2.45) is 0 Å². The quantitative estimate of drug-likeness (QED) is 0.742. The van der Waals surface area contributed by atoms with Crippen molar-refractivity contribution in [2.45, 2.75) is 19.5 Å². The highest BCUT2D eigenvalue weighted by Crippen LogP contribution is 2.34. The number of aromatic nitrogens is 2. The summed E-state index contributed by atoms with van der Waals surface area (Å²) in [5.74, 6) is 0.967. The molecular formula is C13H10BrClF3N3. The molecule has 21 heavy (non-hydrogen) atoms. The number of nitrogens with zero attached hydrogens (tertiary/aromatic N) is 2. The van der Waals surface area contributed by atoms with Crippen LogP contribution < -0.4 is 5.32 Å². The lowest BCUT2D eigenvalue weighted by Gasteiger charge is -2.12. The van der Waals surface area contributed by atoms with E-state index in [1.165, 1.54) is 6.07 Å². The number of halogens is 5. The highest BCUT2D eigenvalue weighted by Gasteiger charge is 2.31. The second kappa shape index (κ2) is 6.19. The molecule has 0 aliphatic heterocycles. The molecule has 0 unspecified atom stereocenters. The van der Waals surface area contributed by atoms with Gasteiger partial charge in [-0.15, -0.1) is 0 Å². The minimum absolute atomic E-state index is 0.00355. The largest absolute Gasteiger partial charge is 0.416 e. The number of anilines is 2. The molecule has 0 amide bonds. The van der Waals surface area contributed by atoms with E-state index >= 15 is 0 Å². The summed E-state index contributed by atoms with van der Waals surface area (Å²) in [5.41, 5.74) is -0.608. The molecule has 0 aliphatic rings. The molecule has 0 fully saturated rings. The highest BCUT2D eigenvalue weighted by atomic mass is 79.9. The number of benzene rings is 1. The molecule has 0 spiro atoms. The van der Waals surface area contributed by atoms with Crippen LogP contribution in [0.5, 0.6) is 0 Å². The molecule has 0 saturated heterocycles. The first kappa shape index (κ1) is 16.0. The Balaban J connectivity index is 2.35. The Morgan fingerprint density at radius 1 is 1.19 bits per heavy atom. The van der Waals surface area contributed by atoms with Crippen LogP contribution in [0, 0.1) is 0 Å². The summed E-state index contributed by atoms with van der Waals surface area (Å²) in [6.45, 7) is 1.88. The number of rotatable bonds is 3. The van der Waals surface area contributed by atoms with E-state index in [1.807, 2.05) is 6.92 Å². The SMILES string of the molecule is CCc1nc(Br)cc(Nc2cc(Cl)cc(C(F)(F)F)c2)n1. The van der Waals surface area contributed by atoms with Crippen LogP contribution in [0.4, 0.5) is 24.7 Å². The molecule has 1 aromatic carbocycles. The van der Waals surface area contributed by atoms with Gasteiger partial charge >= 0.3 is 6.18 Å². The molecule has 0 atom stereocenters. The van der Waals surface area contributed by atoms with Gasteiger partial charge in [0.05, 0.1) is 5.56 Å². The molecule has 0 saturated carbocycles. The first-order chi connectivity index (χ1) is 9.77. The average Bonchev–Trinajstić information content (AvgIpc) is 2.36. The van der Waals surface area contributed by atoms with E-state index in [4.69, 9.17) is 11.6 Å². The molecule has 1 N–H and O–H groups in total. The smallest absolute Gasteiger partial charge is 0.340 e. The maximum atomic E-state index is 12.7. The van der Waals surface area contributed by atoms with Gasteiger partial charge in [0.2, 0.25) is 0 Å². The minimum Gasteiger partial charge on any atom is -0.340 e. The Morgan fingerprint density at radius 2 is 1.90 bits per heavy atom. The minimum atomic E-state index is -4.46. The fourth-order valence-electron chi connectivity index (χ4n) is 1.66. The summed E-state index contributed by atoms with van der Waals surface area (Å²) < 4.78 is 38.8. The van der Waals surface area contributed by atoms with Gasteiger partial charge in [-0.2, -0.15) is 13.2 Å². The van der Waals surface area contributed by atoms with Gasteiger partial charge in [-0.05, 0) is 34.1 Å². The number of hydrogen-bond donors (Lipinski definition) is 1. The molecule has 3 nitrogen and oxygen atoms in total. The van der Waals surface area contributed by atoms with Crippen molar-refractivity contribution in [1.29, 1.82) is 0 Å². The van der Waals surface area contributed by atoms with Gasteiger partial charge in [0.25, 0.3) is 0 Å². The summed E-state index contributed by atoms with van der Waals surface area (Å²) in [7, 11) is 0. The lowest BCUT2D eigenvalue weighted by atomic mass is 10.2. The topological polar surface area (TPSA) is 37.8 Å². The number of hydrogen-bond acceptors (Lipinski definition) is 3. The first-order valence-electron chi connectivity index (χ1n) is 5.96. The first-order valence-corrected chi connectivity index (χ1v) is 7.13. The van der Waals surface area contributed by atoms with Crippen LogP contribution >= 0.6 is 27.5 Å². The van der Waals surface area contributed by atoms with Crippen molar-refractivity contribution in [1.82, 2.24) is 9.97 Å². The van der Waals surface area contributed by atoms with E-state index in [0.717, 1.165) is 12.1 Å². The van der Waals surface area contributed by atoms with Crippen molar-refractivity contribution < 1.29 is 13.2 Å². The van der Waals surface area contributed by atoms with Crippen LogP contribution in [0.25, 0.3) is 0 Å². The van der Waals surface area contributed by atoms with Crippen LogP contribution in [0.15, 0.2) is 28.9 Å². The van der Waals surface area contributed by atoms with Crippen LogP contribution in [-0.2, 0) is 12.6 Å². The summed E-state index contributed by atoms with van der Waals surface area (Å²) >= 11 is 8.96. The maximum Gasteiger partial charge on any atom is 0.416 e. The Hall–Kier alpha value is -1.34. The lowest BCUT2D eigenvalue weighted by molar-refractivity contribution is -0.137. The molecule has 0 bridgehead atoms. The van der Waals surface area contributed by atoms with Crippen LogP contribution in [0.2, 0.25) is 5.02 Å². The second-order valence-corrected chi connectivity index (χ2v) is 5.45. The predicted octanol–water partition coefficient (Wildman–Crippen LogP) is 5.22. The molecule has 1 heterocycles. The zero-order chi connectivity index (χ0) is 15.6. The van der Waals surface area contributed by atoms with Crippen molar-refractivity contribution in [3.8, 4) is 0 Å². The third-order valence-corrected chi connectivity index (χ3v) is 3.18. The van der Waals surface area contributed by atoms with E-state index in [-0.39, 0.29) is 10.7 Å². The van der Waals surface area contributed by atoms with E-state index in [0.29, 0.717) is 22.7 Å². The van der Waals surface area contributed by atoms with Gasteiger partial charge in [0, 0.05) is 23.2 Å². The van der Waals surface area contributed by atoms with Gasteiger partial charge in [-0.3, -0.25) is 0 Å². The summed E-state index contributed by atoms with van der Waals surface area (Å²) in [4.78, 5) is 8.32. The molecule has 0 radical (unpaired) electrons.